The lowest BCUT2D eigenvalue weighted by atomic mass is 9.88. The number of hydrogen-bond donors (Lipinski definition) is 0. The molecule has 0 spiro atoms. The molecule has 60 heavy (non-hydrogen) atoms. The Balaban J connectivity index is 1.46. The van der Waals surface area contributed by atoms with Gasteiger partial charge in [0.15, 0.2) is 0 Å². The molecule has 0 bridgehead atoms. The molecule has 0 N–H and O–H groups in total. The second-order valence-electron chi connectivity index (χ2n) is 15.8. The van der Waals surface area contributed by atoms with Crippen molar-refractivity contribution in [2.45, 2.75) is 91.9 Å². The van der Waals surface area contributed by atoms with Gasteiger partial charge < -0.3 is 9.80 Å². The molecule has 0 aliphatic heterocycles. The van der Waals surface area contributed by atoms with Gasteiger partial charge in [0.05, 0.1) is 11.4 Å². The minimum absolute atomic E-state index is 1.04. The highest BCUT2D eigenvalue weighted by atomic mass is 15.2. The molecule has 0 atom stereocenters. The molecule has 5 aromatic carbocycles. The summed E-state index contributed by atoms with van der Waals surface area (Å²) in [6, 6.07) is 43.9. The summed E-state index contributed by atoms with van der Waals surface area (Å²) < 4.78 is 0. The third kappa shape index (κ3) is 9.94. The van der Waals surface area contributed by atoms with Gasteiger partial charge in [-0.05, 0) is 133 Å². The summed E-state index contributed by atoms with van der Waals surface area (Å²) in [7, 11) is 0. The fourth-order valence-corrected chi connectivity index (χ4v) is 8.50. The highest BCUT2D eigenvalue weighted by Gasteiger charge is 2.22. The van der Waals surface area contributed by atoms with E-state index in [2.05, 4.69) is 193 Å². The Labute approximate surface area is 359 Å². The average Bonchev–Trinajstić information content (AvgIpc) is 3.29. The minimum atomic E-state index is 1.04. The number of pyridine rings is 2. The minimum Gasteiger partial charge on any atom is -0.310 e. The van der Waals surface area contributed by atoms with Crippen LogP contribution in [0.1, 0.15) is 106 Å². The van der Waals surface area contributed by atoms with Crippen molar-refractivity contribution in [1.82, 2.24) is 9.97 Å². The third-order valence-electron chi connectivity index (χ3n) is 11.6. The van der Waals surface area contributed by atoms with Crippen molar-refractivity contribution in [3.8, 4) is 0 Å². The van der Waals surface area contributed by atoms with E-state index >= 15 is 0 Å². The highest BCUT2D eigenvalue weighted by molar-refractivity contribution is 5.96. The lowest BCUT2D eigenvalue weighted by Crippen LogP contribution is -2.15. The van der Waals surface area contributed by atoms with Crippen LogP contribution in [0.15, 0.2) is 152 Å². The standard InChI is InChI=1S/C56H60N4/c1-5-8-10-18-25-51-43(4)27-31-54-52(26-19-11-9-6-2)44(30-32-53(51)54)28-29-46-42-55(59(47-21-14-12-15-22-47)49-33-37-57-38-34-49)45(20-7-3)41-56(46)60(48-23-16-13-17-24-48)50-35-39-58-40-36-50/h7,12-17,20-24,27-42H,5-6,8-11,18-19,25-26H2,1-4H3/b20-7+,29-28+. The van der Waals surface area contributed by atoms with Gasteiger partial charge in [-0.15, -0.1) is 0 Å². The number of benzene rings is 5. The lowest BCUT2D eigenvalue weighted by Gasteiger charge is -2.31. The van der Waals surface area contributed by atoms with Crippen molar-refractivity contribution in [1.29, 1.82) is 0 Å². The van der Waals surface area contributed by atoms with Crippen LogP contribution in [-0.2, 0) is 12.8 Å². The molecule has 304 valence electrons. The Kier molecular flexibility index (Phi) is 14.8. The molecule has 7 rings (SSSR count). The Morgan fingerprint density at radius 3 is 1.42 bits per heavy atom. The molecule has 4 heteroatoms. The van der Waals surface area contributed by atoms with Crippen molar-refractivity contribution < 1.29 is 0 Å². The molecule has 0 fully saturated rings. The van der Waals surface area contributed by atoms with Gasteiger partial charge in [0.25, 0.3) is 0 Å². The highest BCUT2D eigenvalue weighted by Crippen LogP contribution is 2.44. The summed E-state index contributed by atoms with van der Waals surface area (Å²) >= 11 is 0. The van der Waals surface area contributed by atoms with Gasteiger partial charge in [-0.25, -0.2) is 0 Å². The maximum absolute atomic E-state index is 4.41. The van der Waals surface area contributed by atoms with Crippen LogP contribution in [0, 0.1) is 6.92 Å². The summed E-state index contributed by atoms with van der Waals surface area (Å²) in [6.45, 7) is 8.98. The van der Waals surface area contributed by atoms with Crippen molar-refractivity contribution in [2.24, 2.45) is 0 Å². The van der Waals surface area contributed by atoms with E-state index in [0.29, 0.717) is 0 Å². The number of allylic oxidation sites excluding steroid dienone is 1. The van der Waals surface area contributed by atoms with E-state index in [1.807, 2.05) is 24.8 Å². The van der Waals surface area contributed by atoms with Crippen molar-refractivity contribution in [3.05, 3.63) is 186 Å². The van der Waals surface area contributed by atoms with Gasteiger partial charge in [0.1, 0.15) is 0 Å². The first-order valence-corrected chi connectivity index (χ1v) is 22.1. The van der Waals surface area contributed by atoms with Gasteiger partial charge in [-0.3, -0.25) is 9.97 Å². The third-order valence-corrected chi connectivity index (χ3v) is 11.6. The molecule has 0 saturated carbocycles. The molecule has 0 unspecified atom stereocenters. The maximum Gasteiger partial charge on any atom is 0.0541 e. The van der Waals surface area contributed by atoms with Crippen LogP contribution in [-0.4, -0.2) is 9.97 Å². The Morgan fingerprint density at radius 1 is 0.450 bits per heavy atom. The van der Waals surface area contributed by atoms with Crippen molar-refractivity contribution >= 4 is 63.1 Å². The molecule has 0 radical (unpaired) electrons. The normalized spacial score (nSPS) is 11.5. The van der Waals surface area contributed by atoms with E-state index in [-0.39, 0.29) is 0 Å². The number of unbranched alkanes of at least 4 members (excludes halogenated alkanes) is 6. The zero-order chi connectivity index (χ0) is 41.5. The van der Waals surface area contributed by atoms with E-state index in [0.717, 1.165) is 58.1 Å². The molecule has 0 aliphatic rings. The predicted molar refractivity (Wildman–Crippen MR) is 259 cm³/mol. The van der Waals surface area contributed by atoms with Gasteiger partial charge in [0, 0.05) is 58.7 Å². The number of anilines is 6. The second-order valence-corrected chi connectivity index (χ2v) is 15.8. The number of rotatable bonds is 19. The monoisotopic (exact) mass is 788 g/mol. The van der Waals surface area contributed by atoms with Gasteiger partial charge in [-0.2, -0.15) is 0 Å². The molecule has 4 nitrogen and oxygen atoms in total. The van der Waals surface area contributed by atoms with Crippen molar-refractivity contribution in [2.75, 3.05) is 9.80 Å². The second kappa shape index (κ2) is 21.1. The molecular weight excluding hydrogens is 729 g/mol. The zero-order valence-electron chi connectivity index (χ0n) is 36.0. The zero-order valence-corrected chi connectivity index (χ0v) is 36.0. The number of nitrogens with zero attached hydrogens (tertiary/aromatic N) is 4. The first-order chi connectivity index (χ1) is 29.6. The van der Waals surface area contributed by atoms with Crippen LogP contribution < -0.4 is 9.80 Å². The van der Waals surface area contributed by atoms with Crippen LogP contribution in [0.3, 0.4) is 0 Å². The summed E-state index contributed by atoms with van der Waals surface area (Å²) in [4.78, 5) is 13.5. The van der Waals surface area contributed by atoms with E-state index in [4.69, 9.17) is 0 Å². The van der Waals surface area contributed by atoms with E-state index in [9.17, 15) is 0 Å². The first kappa shape index (κ1) is 41.9. The summed E-state index contributed by atoms with van der Waals surface area (Å²) in [5, 5.41) is 2.83. The van der Waals surface area contributed by atoms with Crippen LogP contribution >= 0.6 is 0 Å². The molecule has 2 aromatic heterocycles. The SMILES string of the molecule is C/C=C/c1cc(N(c2ccccc2)c2ccncc2)c(/C=C/c2ccc3c(CCCCCC)c(C)ccc3c2CCCCCC)cc1N(c1ccccc1)c1ccncc1. The van der Waals surface area contributed by atoms with Gasteiger partial charge in [0.2, 0.25) is 0 Å². The predicted octanol–water partition coefficient (Wildman–Crippen LogP) is 16.3. The van der Waals surface area contributed by atoms with Crippen molar-refractivity contribution in [3.63, 3.8) is 0 Å². The number of hydrogen-bond acceptors (Lipinski definition) is 4. The van der Waals surface area contributed by atoms with Crippen LogP contribution in [0.25, 0.3) is 29.0 Å². The first-order valence-electron chi connectivity index (χ1n) is 22.1. The molecule has 0 saturated heterocycles. The Morgan fingerprint density at radius 2 is 0.900 bits per heavy atom. The number of para-hydroxylation sites is 2. The molecule has 0 aliphatic carbocycles. The molecule has 0 amide bonds. The Bertz CT molecular complexity index is 2390. The van der Waals surface area contributed by atoms with Crippen LogP contribution in [0.5, 0.6) is 0 Å². The quantitative estimate of drug-likeness (QED) is 0.0603. The fourth-order valence-electron chi connectivity index (χ4n) is 8.50. The number of fused-ring (bicyclic) bond motifs is 1. The average molecular weight is 789 g/mol. The number of aromatic nitrogens is 2. The van der Waals surface area contributed by atoms with Gasteiger partial charge in [-0.1, -0.05) is 137 Å². The number of aryl methyl sites for hydroxylation is 3. The topological polar surface area (TPSA) is 32.3 Å². The summed E-state index contributed by atoms with van der Waals surface area (Å²) in [5.74, 6) is 0. The largest absolute Gasteiger partial charge is 0.310 e. The maximum atomic E-state index is 4.41. The fraction of sp³-hybridized carbons (Fsp3) is 0.250. The van der Waals surface area contributed by atoms with Crippen LogP contribution in [0.4, 0.5) is 34.1 Å². The van der Waals surface area contributed by atoms with E-state index in [1.54, 1.807) is 0 Å². The summed E-state index contributed by atoms with van der Waals surface area (Å²) in [6.07, 6.45) is 28.8. The lowest BCUT2D eigenvalue weighted by molar-refractivity contribution is 0.666. The Hall–Kier alpha value is -6.26. The van der Waals surface area contributed by atoms with Gasteiger partial charge >= 0.3 is 0 Å². The van der Waals surface area contributed by atoms with Crippen LogP contribution in [0.2, 0.25) is 0 Å². The van der Waals surface area contributed by atoms with E-state index in [1.165, 1.54) is 84.4 Å². The summed E-state index contributed by atoms with van der Waals surface area (Å²) in [5.41, 5.74) is 14.3. The van der Waals surface area contributed by atoms with E-state index < -0.39 is 0 Å². The molecule has 2 heterocycles. The smallest absolute Gasteiger partial charge is 0.0541 e. The molecule has 7 aromatic rings. The molecular formula is C56H60N4.